The molecule has 0 spiro atoms. The molecule has 2 unspecified atom stereocenters. The zero-order valence-corrected chi connectivity index (χ0v) is 15.8. The van der Waals surface area contributed by atoms with E-state index in [2.05, 4.69) is 6.92 Å². The average Bonchev–Trinajstić information content (AvgIpc) is 2.42. The van der Waals surface area contributed by atoms with Crippen molar-refractivity contribution in [1.82, 2.24) is 0 Å². The standard InChI is InChI=1S/C14H33NO6P2/c1-2-3-4-5-6-7-8-9-10-11-12-13(22(16,17)18)14(15)23(19,20)21/h13-14H,2-12,15H2,1H3,(H2,16,17,18)(H2,19,20,21). The second-order valence-electron chi connectivity index (χ2n) is 6.21. The van der Waals surface area contributed by atoms with Crippen LogP contribution in [0.3, 0.4) is 0 Å². The van der Waals surface area contributed by atoms with Crippen LogP contribution in [0.25, 0.3) is 0 Å². The Bertz CT molecular complexity index is 395. The molecular formula is C14H33NO6P2. The van der Waals surface area contributed by atoms with E-state index < -0.39 is 26.6 Å². The Morgan fingerprint density at radius 1 is 0.739 bits per heavy atom. The molecule has 0 saturated carbocycles. The van der Waals surface area contributed by atoms with Crippen molar-refractivity contribution >= 4 is 15.2 Å². The third kappa shape index (κ3) is 11.4. The first kappa shape index (κ1) is 23.3. The molecule has 0 bridgehead atoms. The summed E-state index contributed by atoms with van der Waals surface area (Å²) in [7, 11) is -9.33. The lowest BCUT2D eigenvalue weighted by Gasteiger charge is -2.25. The molecule has 6 N–H and O–H groups in total. The van der Waals surface area contributed by atoms with Crippen molar-refractivity contribution < 1.29 is 28.7 Å². The summed E-state index contributed by atoms with van der Waals surface area (Å²) in [5.41, 5.74) is 3.87. The van der Waals surface area contributed by atoms with Crippen molar-refractivity contribution in [3.8, 4) is 0 Å². The van der Waals surface area contributed by atoms with Crippen LogP contribution in [0, 0.1) is 0 Å². The predicted octanol–water partition coefficient (Wildman–Crippen LogP) is 3.31. The van der Waals surface area contributed by atoms with Gasteiger partial charge in [0.2, 0.25) is 0 Å². The molecular weight excluding hydrogens is 340 g/mol. The van der Waals surface area contributed by atoms with Gasteiger partial charge in [0.15, 0.2) is 0 Å². The lowest BCUT2D eigenvalue weighted by Crippen LogP contribution is -2.34. The van der Waals surface area contributed by atoms with Gasteiger partial charge in [-0.3, -0.25) is 9.13 Å². The van der Waals surface area contributed by atoms with Gasteiger partial charge in [0.1, 0.15) is 5.78 Å². The Morgan fingerprint density at radius 2 is 1.13 bits per heavy atom. The molecule has 0 amide bonds. The van der Waals surface area contributed by atoms with Crippen LogP contribution in [0.4, 0.5) is 0 Å². The fourth-order valence-electron chi connectivity index (χ4n) is 2.60. The van der Waals surface area contributed by atoms with Gasteiger partial charge in [0.05, 0.1) is 5.66 Å². The minimum absolute atomic E-state index is 0.0348. The van der Waals surface area contributed by atoms with Crippen molar-refractivity contribution in [2.45, 2.75) is 89.0 Å². The zero-order chi connectivity index (χ0) is 17.9. The third-order valence-electron chi connectivity index (χ3n) is 4.07. The van der Waals surface area contributed by atoms with Crippen LogP contribution in [0.2, 0.25) is 0 Å². The van der Waals surface area contributed by atoms with Gasteiger partial charge in [-0.1, -0.05) is 71.1 Å². The largest absolute Gasteiger partial charge is 0.343 e. The topological polar surface area (TPSA) is 141 Å². The van der Waals surface area contributed by atoms with E-state index in [1.807, 2.05) is 0 Å². The first-order valence-corrected chi connectivity index (χ1v) is 11.8. The van der Waals surface area contributed by atoms with E-state index >= 15 is 0 Å². The van der Waals surface area contributed by atoms with E-state index in [-0.39, 0.29) is 6.42 Å². The van der Waals surface area contributed by atoms with Crippen LogP contribution in [-0.4, -0.2) is 31.0 Å². The second-order valence-corrected chi connectivity index (χ2v) is 9.82. The molecule has 0 aromatic heterocycles. The molecule has 2 atom stereocenters. The number of unbranched alkanes of at least 4 members (excludes halogenated alkanes) is 9. The summed E-state index contributed by atoms with van der Waals surface area (Å²) in [6, 6.07) is 0. The van der Waals surface area contributed by atoms with Crippen LogP contribution < -0.4 is 5.73 Å². The molecule has 0 rings (SSSR count). The van der Waals surface area contributed by atoms with Crippen molar-refractivity contribution in [3.05, 3.63) is 0 Å². The van der Waals surface area contributed by atoms with Crippen molar-refractivity contribution in [2.24, 2.45) is 5.73 Å². The van der Waals surface area contributed by atoms with E-state index in [9.17, 15) is 18.9 Å². The Labute approximate surface area is 139 Å². The van der Waals surface area contributed by atoms with Crippen molar-refractivity contribution in [2.75, 3.05) is 0 Å². The van der Waals surface area contributed by atoms with Crippen LogP contribution in [0.5, 0.6) is 0 Å². The van der Waals surface area contributed by atoms with Crippen LogP contribution in [0.1, 0.15) is 77.6 Å². The Balaban J connectivity index is 3.94. The Morgan fingerprint density at radius 3 is 1.48 bits per heavy atom. The molecule has 0 heterocycles. The molecule has 0 aromatic rings. The predicted molar refractivity (Wildman–Crippen MR) is 92.3 cm³/mol. The first-order chi connectivity index (χ1) is 10.6. The van der Waals surface area contributed by atoms with E-state index in [1.54, 1.807) is 0 Å². The molecule has 9 heteroatoms. The number of hydrogen-bond acceptors (Lipinski definition) is 3. The highest BCUT2D eigenvalue weighted by molar-refractivity contribution is 7.57. The molecule has 0 fully saturated rings. The van der Waals surface area contributed by atoms with Crippen molar-refractivity contribution in [1.29, 1.82) is 0 Å². The summed E-state index contributed by atoms with van der Waals surface area (Å²) in [5.74, 6) is -1.80. The van der Waals surface area contributed by atoms with Crippen molar-refractivity contribution in [3.63, 3.8) is 0 Å². The van der Waals surface area contributed by atoms with Crippen LogP contribution in [-0.2, 0) is 9.13 Å². The smallest absolute Gasteiger partial charge is 0.324 e. The summed E-state index contributed by atoms with van der Waals surface area (Å²) in [4.78, 5) is 36.5. The summed E-state index contributed by atoms with van der Waals surface area (Å²) in [6.45, 7) is 2.18. The molecule has 0 radical (unpaired) electrons. The molecule has 0 aliphatic carbocycles. The van der Waals surface area contributed by atoms with E-state index in [0.717, 1.165) is 25.7 Å². The van der Waals surface area contributed by atoms with Gasteiger partial charge >= 0.3 is 15.2 Å². The monoisotopic (exact) mass is 373 g/mol. The molecule has 0 saturated heterocycles. The maximum Gasteiger partial charge on any atom is 0.343 e. The maximum absolute atomic E-state index is 11.4. The SMILES string of the molecule is CCCCCCCCCCCCC(C(N)P(=O)(O)O)P(=O)(O)O. The third-order valence-corrected chi connectivity index (χ3v) is 6.88. The van der Waals surface area contributed by atoms with Gasteiger partial charge in [-0.2, -0.15) is 0 Å². The fourth-order valence-corrected chi connectivity index (χ4v) is 5.16. The average molecular weight is 373 g/mol. The summed E-state index contributed by atoms with van der Waals surface area (Å²) in [5, 5.41) is 0. The van der Waals surface area contributed by atoms with Gasteiger partial charge in [-0.05, 0) is 6.42 Å². The number of nitrogens with two attached hydrogens (primary N) is 1. The first-order valence-electron chi connectivity index (χ1n) is 8.46. The van der Waals surface area contributed by atoms with Gasteiger partial charge in [-0.25, -0.2) is 0 Å². The van der Waals surface area contributed by atoms with Gasteiger partial charge in [-0.15, -0.1) is 0 Å². The quantitative estimate of drug-likeness (QED) is 0.232. The molecule has 7 nitrogen and oxygen atoms in total. The summed E-state index contributed by atoms with van der Waals surface area (Å²) >= 11 is 0. The second kappa shape index (κ2) is 11.8. The maximum atomic E-state index is 11.4. The normalized spacial score (nSPS) is 15.6. The molecule has 23 heavy (non-hydrogen) atoms. The zero-order valence-electron chi connectivity index (χ0n) is 14.0. The van der Waals surface area contributed by atoms with E-state index in [0.29, 0.717) is 6.42 Å². The minimum atomic E-state index is -4.70. The van der Waals surface area contributed by atoms with Gasteiger partial charge < -0.3 is 25.3 Å². The summed E-state index contributed by atoms with van der Waals surface area (Å²) < 4.78 is 22.5. The molecule has 140 valence electrons. The highest BCUT2D eigenvalue weighted by atomic mass is 31.2. The number of rotatable bonds is 14. The minimum Gasteiger partial charge on any atom is -0.324 e. The molecule has 0 aliphatic rings. The van der Waals surface area contributed by atoms with E-state index in [1.165, 1.54) is 32.1 Å². The lowest BCUT2D eigenvalue weighted by molar-refractivity contribution is 0.324. The van der Waals surface area contributed by atoms with Crippen LogP contribution in [0.15, 0.2) is 0 Å². The summed E-state index contributed by atoms with van der Waals surface area (Å²) in [6.07, 6.45) is 10.8. The lowest BCUT2D eigenvalue weighted by atomic mass is 10.1. The van der Waals surface area contributed by atoms with Gasteiger partial charge in [0, 0.05) is 0 Å². The van der Waals surface area contributed by atoms with E-state index in [4.69, 9.17) is 15.5 Å². The highest BCUT2D eigenvalue weighted by Crippen LogP contribution is 2.53. The Hall–Kier alpha value is 0.260. The van der Waals surface area contributed by atoms with Crippen LogP contribution >= 0.6 is 15.2 Å². The fraction of sp³-hybridized carbons (Fsp3) is 1.00. The number of hydrogen-bond donors (Lipinski definition) is 5. The highest BCUT2D eigenvalue weighted by Gasteiger charge is 2.42. The molecule has 0 aromatic carbocycles. The Kier molecular flexibility index (Phi) is 11.9. The van der Waals surface area contributed by atoms with Gasteiger partial charge in [0.25, 0.3) is 0 Å². The molecule has 0 aliphatic heterocycles.